The molecule has 0 aliphatic carbocycles. The fourth-order valence-corrected chi connectivity index (χ4v) is 2.73. The van der Waals surface area contributed by atoms with Crippen LogP contribution in [0.25, 0.3) is 11.3 Å². The lowest BCUT2D eigenvalue weighted by atomic mass is 10.2. The van der Waals surface area contributed by atoms with Gasteiger partial charge in [-0.2, -0.15) is 5.26 Å². The number of ether oxygens (including phenoxy) is 1. The highest BCUT2D eigenvalue weighted by molar-refractivity contribution is 6.36. The minimum absolute atomic E-state index is 0.105. The van der Waals surface area contributed by atoms with Crippen LogP contribution >= 0.6 is 23.2 Å². The van der Waals surface area contributed by atoms with Crippen molar-refractivity contribution in [1.82, 2.24) is 4.98 Å². The van der Waals surface area contributed by atoms with E-state index in [1.807, 2.05) is 6.07 Å². The first kappa shape index (κ1) is 18.0. The Hall–Kier alpha value is -2.81. The number of nitriles is 1. The topological polar surface area (TPSA) is 76.1 Å². The van der Waals surface area contributed by atoms with E-state index >= 15 is 0 Å². The van der Waals surface area contributed by atoms with Gasteiger partial charge in [-0.05, 0) is 42.5 Å². The molecule has 7 heteroatoms. The Morgan fingerprint density at radius 2 is 1.96 bits per heavy atom. The van der Waals surface area contributed by atoms with Crippen LogP contribution in [0.5, 0.6) is 5.75 Å². The number of rotatable bonds is 5. The van der Waals surface area contributed by atoms with E-state index in [2.05, 4.69) is 4.98 Å². The fourth-order valence-electron chi connectivity index (χ4n) is 2.23. The summed E-state index contributed by atoms with van der Waals surface area (Å²) in [5.41, 5.74) is 1.17. The Labute approximate surface area is 159 Å². The molecule has 0 aliphatic heterocycles. The lowest BCUT2D eigenvalue weighted by Gasteiger charge is -2.03. The third kappa shape index (κ3) is 4.42. The second kappa shape index (κ2) is 8.05. The number of carbonyl (C=O) groups is 1. The van der Waals surface area contributed by atoms with Gasteiger partial charge in [0, 0.05) is 17.0 Å². The monoisotopic (exact) mass is 386 g/mol. The molecule has 0 saturated carbocycles. The van der Waals surface area contributed by atoms with Crippen LogP contribution in [0.15, 0.2) is 53.1 Å². The van der Waals surface area contributed by atoms with Gasteiger partial charge in [0.05, 0.1) is 29.3 Å². The molecule has 0 N–H and O–H groups in total. The third-order valence-electron chi connectivity index (χ3n) is 3.51. The number of halogens is 2. The van der Waals surface area contributed by atoms with E-state index in [1.165, 1.54) is 0 Å². The zero-order valence-electron chi connectivity index (χ0n) is 13.4. The Bertz CT molecular complexity index is 975. The van der Waals surface area contributed by atoms with Gasteiger partial charge in [0.1, 0.15) is 5.75 Å². The minimum Gasteiger partial charge on any atom is -0.441 e. The summed E-state index contributed by atoms with van der Waals surface area (Å²) < 4.78 is 10.8. The Morgan fingerprint density at radius 1 is 1.19 bits per heavy atom. The van der Waals surface area contributed by atoms with Crippen LogP contribution in [0, 0.1) is 11.3 Å². The van der Waals surface area contributed by atoms with Crippen molar-refractivity contribution in [2.75, 3.05) is 0 Å². The Kier molecular flexibility index (Phi) is 5.57. The molecule has 0 spiro atoms. The van der Waals surface area contributed by atoms with Gasteiger partial charge in [0.2, 0.25) is 0 Å². The normalized spacial score (nSPS) is 10.3. The van der Waals surface area contributed by atoms with Crippen LogP contribution in [-0.2, 0) is 11.2 Å². The van der Waals surface area contributed by atoms with Crippen LogP contribution in [0.2, 0.25) is 10.0 Å². The molecule has 0 radical (unpaired) electrons. The van der Waals surface area contributed by atoms with Crippen LogP contribution in [0.3, 0.4) is 0 Å². The zero-order chi connectivity index (χ0) is 18.5. The Balaban J connectivity index is 1.59. The molecule has 0 aliphatic rings. The molecule has 0 fully saturated rings. The quantitative estimate of drug-likeness (QED) is 0.452. The van der Waals surface area contributed by atoms with Crippen molar-refractivity contribution in [2.24, 2.45) is 0 Å². The molecule has 26 heavy (non-hydrogen) atoms. The highest BCUT2D eigenvalue weighted by Crippen LogP contribution is 2.30. The first-order valence-corrected chi connectivity index (χ1v) is 8.42. The average Bonchev–Trinajstić information content (AvgIpc) is 3.09. The maximum atomic E-state index is 11.9. The van der Waals surface area contributed by atoms with E-state index in [1.54, 1.807) is 48.7 Å². The molecule has 2 aromatic carbocycles. The van der Waals surface area contributed by atoms with Crippen LogP contribution < -0.4 is 4.74 Å². The number of benzene rings is 2. The highest BCUT2D eigenvalue weighted by Gasteiger charge is 2.12. The van der Waals surface area contributed by atoms with Gasteiger partial charge >= 0.3 is 5.97 Å². The maximum absolute atomic E-state index is 11.9. The lowest BCUT2D eigenvalue weighted by Crippen LogP contribution is -2.09. The molecule has 1 heterocycles. The number of hydrogen-bond acceptors (Lipinski definition) is 5. The van der Waals surface area contributed by atoms with Gasteiger partial charge in [0.25, 0.3) is 0 Å². The zero-order valence-corrected chi connectivity index (χ0v) is 14.9. The van der Waals surface area contributed by atoms with Crippen LogP contribution in [0.4, 0.5) is 0 Å². The van der Waals surface area contributed by atoms with Gasteiger partial charge < -0.3 is 9.15 Å². The summed E-state index contributed by atoms with van der Waals surface area (Å²) in [6.07, 6.45) is 1.95. The molecule has 0 saturated heterocycles. The van der Waals surface area contributed by atoms with E-state index in [0.717, 1.165) is 0 Å². The van der Waals surface area contributed by atoms with E-state index < -0.39 is 5.97 Å². The molecule has 0 atom stereocenters. The van der Waals surface area contributed by atoms with E-state index in [9.17, 15) is 4.79 Å². The second-order valence-electron chi connectivity index (χ2n) is 5.35. The van der Waals surface area contributed by atoms with Gasteiger partial charge in [-0.3, -0.25) is 4.79 Å². The molecule has 0 amide bonds. The standard InChI is InChI=1S/C19H12Cl2N2O3/c20-13-3-6-15(16(21)9-13)17-11-23-18(26-17)7-8-19(24)25-14-4-1-12(10-22)2-5-14/h1-6,9,11H,7-8H2. The maximum Gasteiger partial charge on any atom is 0.311 e. The Morgan fingerprint density at radius 3 is 2.65 bits per heavy atom. The number of oxazole rings is 1. The van der Waals surface area contributed by atoms with E-state index in [-0.39, 0.29) is 6.42 Å². The molecule has 3 rings (SSSR count). The second-order valence-corrected chi connectivity index (χ2v) is 6.20. The summed E-state index contributed by atoms with van der Waals surface area (Å²) in [7, 11) is 0. The summed E-state index contributed by atoms with van der Waals surface area (Å²) in [4.78, 5) is 16.1. The van der Waals surface area contributed by atoms with Crippen molar-refractivity contribution in [1.29, 1.82) is 5.26 Å². The highest BCUT2D eigenvalue weighted by atomic mass is 35.5. The molecule has 3 aromatic rings. The number of aromatic nitrogens is 1. The summed E-state index contributed by atoms with van der Waals surface area (Å²) in [6.45, 7) is 0. The minimum atomic E-state index is -0.418. The smallest absolute Gasteiger partial charge is 0.311 e. The third-order valence-corrected chi connectivity index (χ3v) is 4.06. The summed E-state index contributed by atoms with van der Waals surface area (Å²) in [5.74, 6) is 0.874. The molecular formula is C19H12Cl2N2O3. The first-order chi connectivity index (χ1) is 12.5. The van der Waals surface area contributed by atoms with Crippen molar-refractivity contribution in [3.8, 4) is 23.1 Å². The first-order valence-electron chi connectivity index (χ1n) is 7.66. The average molecular weight is 387 g/mol. The number of nitrogens with zero attached hydrogens (tertiary/aromatic N) is 2. The predicted molar refractivity (Wildman–Crippen MR) is 97.1 cm³/mol. The van der Waals surface area contributed by atoms with Gasteiger partial charge in [-0.1, -0.05) is 23.2 Å². The number of esters is 1. The van der Waals surface area contributed by atoms with Crippen LogP contribution in [-0.4, -0.2) is 11.0 Å². The molecule has 5 nitrogen and oxygen atoms in total. The van der Waals surface area contributed by atoms with E-state index in [4.69, 9.17) is 37.6 Å². The number of hydrogen-bond donors (Lipinski definition) is 0. The molecular weight excluding hydrogens is 375 g/mol. The van der Waals surface area contributed by atoms with E-state index in [0.29, 0.717) is 45.0 Å². The van der Waals surface area contributed by atoms with Crippen LogP contribution in [0.1, 0.15) is 17.9 Å². The molecule has 0 unspecified atom stereocenters. The number of aryl methyl sites for hydroxylation is 1. The van der Waals surface area contributed by atoms with Crippen molar-refractivity contribution in [3.63, 3.8) is 0 Å². The molecule has 0 bridgehead atoms. The SMILES string of the molecule is N#Cc1ccc(OC(=O)CCc2ncc(-c3ccc(Cl)cc3Cl)o2)cc1. The number of carbonyl (C=O) groups excluding carboxylic acids is 1. The lowest BCUT2D eigenvalue weighted by molar-refractivity contribution is -0.134. The molecule has 130 valence electrons. The fraction of sp³-hybridized carbons (Fsp3) is 0.105. The summed E-state index contributed by atoms with van der Waals surface area (Å²) >= 11 is 12.0. The van der Waals surface area contributed by atoms with Crippen molar-refractivity contribution >= 4 is 29.2 Å². The van der Waals surface area contributed by atoms with Crippen molar-refractivity contribution in [2.45, 2.75) is 12.8 Å². The van der Waals surface area contributed by atoms with Crippen molar-refractivity contribution < 1.29 is 13.9 Å². The van der Waals surface area contributed by atoms with Gasteiger partial charge in [-0.25, -0.2) is 4.98 Å². The summed E-state index contributed by atoms with van der Waals surface area (Å²) in [6, 6.07) is 13.4. The van der Waals surface area contributed by atoms with Gasteiger partial charge in [0.15, 0.2) is 11.7 Å². The largest absolute Gasteiger partial charge is 0.441 e. The van der Waals surface area contributed by atoms with Gasteiger partial charge in [-0.15, -0.1) is 0 Å². The van der Waals surface area contributed by atoms with Crippen molar-refractivity contribution in [3.05, 3.63) is 70.2 Å². The summed E-state index contributed by atoms with van der Waals surface area (Å²) in [5, 5.41) is 9.74. The predicted octanol–water partition coefficient (Wildman–Crippen LogP) is 5.06. The molecule has 1 aromatic heterocycles.